The van der Waals surface area contributed by atoms with Gasteiger partial charge in [0.25, 0.3) is 5.91 Å². The van der Waals surface area contributed by atoms with Crippen molar-refractivity contribution in [3.05, 3.63) is 27.5 Å². The molecule has 1 aromatic heterocycles. The lowest BCUT2D eigenvalue weighted by Gasteiger charge is -2.35. The van der Waals surface area contributed by atoms with E-state index >= 15 is 0 Å². The maximum atomic E-state index is 12.8. The molecule has 1 amide bonds. The van der Waals surface area contributed by atoms with E-state index in [4.69, 9.17) is 5.73 Å². The number of hydrogen-bond donors (Lipinski definition) is 1. The molecule has 0 bridgehead atoms. The van der Waals surface area contributed by atoms with Crippen LogP contribution >= 0.6 is 27.3 Å². The first-order valence-corrected chi connectivity index (χ1v) is 8.48. The van der Waals surface area contributed by atoms with Crippen LogP contribution in [-0.4, -0.2) is 23.9 Å². The Balaban J connectivity index is 2.42. The zero-order valence-electron chi connectivity index (χ0n) is 13.0. The van der Waals surface area contributed by atoms with Crippen LogP contribution in [0, 0.1) is 5.41 Å². The van der Waals surface area contributed by atoms with Crippen LogP contribution in [0.15, 0.2) is 22.7 Å². The Bertz CT molecular complexity index is 687. The standard InChI is InChI=1S/C16H21BrN2OS/c1-9(16(2,3)4)19(5)15(20)14-13(18)11-8-10(17)6-7-12(11)21-14/h6-9H,18H2,1-5H3. The Morgan fingerprint density at radius 2 is 2.00 bits per heavy atom. The maximum absolute atomic E-state index is 12.8. The zero-order chi connectivity index (χ0) is 15.9. The molecule has 0 aliphatic heterocycles. The quantitative estimate of drug-likeness (QED) is 0.830. The van der Waals surface area contributed by atoms with Crippen molar-refractivity contribution in [2.75, 3.05) is 12.8 Å². The summed E-state index contributed by atoms with van der Waals surface area (Å²) >= 11 is 4.90. The molecule has 1 atom stereocenters. The lowest BCUT2D eigenvalue weighted by molar-refractivity contribution is 0.0635. The highest BCUT2D eigenvalue weighted by Crippen LogP contribution is 2.36. The van der Waals surface area contributed by atoms with Crippen LogP contribution in [0.4, 0.5) is 5.69 Å². The predicted octanol–water partition coefficient (Wildman–Crippen LogP) is 4.75. The van der Waals surface area contributed by atoms with Crippen LogP contribution in [0.25, 0.3) is 10.1 Å². The van der Waals surface area contributed by atoms with Crippen molar-refractivity contribution in [3.63, 3.8) is 0 Å². The largest absolute Gasteiger partial charge is 0.397 e. The smallest absolute Gasteiger partial charge is 0.266 e. The minimum atomic E-state index is -0.00718. The van der Waals surface area contributed by atoms with Gasteiger partial charge in [-0.3, -0.25) is 4.79 Å². The molecule has 0 aliphatic carbocycles. The van der Waals surface area contributed by atoms with E-state index in [1.54, 1.807) is 4.90 Å². The average molecular weight is 369 g/mol. The molecule has 0 aliphatic rings. The Morgan fingerprint density at radius 3 is 2.57 bits per heavy atom. The second kappa shape index (κ2) is 5.61. The first kappa shape index (κ1) is 16.3. The number of fused-ring (bicyclic) bond motifs is 1. The molecule has 3 nitrogen and oxygen atoms in total. The molecular weight excluding hydrogens is 348 g/mol. The number of anilines is 1. The Morgan fingerprint density at radius 1 is 1.38 bits per heavy atom. The van der Waals surface area contributed by atoms with Gasteiger partial charge in [0.2, 0.25) is 0 Å². The number of hydrogen-bond acceptors (Lipinski definition) is 3. The second-order valence-electron chi connectivity index (χ2n) is 6.44. The summed E-state index contributed by atoms with van der Waals surface area (Å²) in [5.74, 6) is -0.00718. The number of thiophene rings is 1. The summed E-state index contributed by atoms with van der Waals surface area (Å²) in [5.41, 5.74) is 6.80. The molecule has 2 rings (SSSR count). The van der Waals surface area contributed by atoms with Gasteiger partial charge in [-0.25, -0.2) is 0 Å². The molecule has 2 N–H and O–H groups in total. The third kappa shape index (κ3) is 3.09. The predicted molar refractivity (Wildman–Crippen MR) is 94.9 cm³/mol. The van der Waals surface area contributed by atoms with Gasteiger partial charge < -0.3 is 10.6 Å². The summed E-state index contributed by atoms with van der Waals surface area (Å²) in [6, 6.07) is 6.05. The van der Waals surface area contributed by atoms with Crippen LogP contribution in [0.5, 0.6) is 0 Å². The third-order valence-corrected chi connectivity index (χ3v) is 5.71. The molecule has 0 saturated heterocycles. The third-order valence-electron chi connectivity index (χ3n) is 4.04. The van der Waals surface area contributed by atoms with E-state index in [0.29, 0.717) is 10.6 Å². The summed E-state index contributed by atoms with van der Waals surface area (Å²) in [4.78, 5) is 15.2. The Labute approximate surface area is 138 Å². The Kier molecular flexibility index (Phi) is 4.36. The molecule has 1 aromatic carbocycles. The molecule has 2 aromatic rings. The number of nitrogen functional groups attached to an aromatic ring is 1. The normalized spacial score (nSPS) is 13.4. The zero-order valence-corrected chi connectivity index (χ0v) is 15.4. The molecule has 0 saturated carbocycles. The summed E-state index contributed by atoms with van der Waals surface area (Å²) < 4.78 is 2.01. The number of carbonyl (C=O) groups excluding carboxylic acids is 1. The fourth-order valence-corrected chi connectivity index (χ4v) is 3.61. The van der Waals surface area contributed by atoms with Crippen molar-refractivity contribution in [1.82, 2.24) is 4.90 Å². The van der Waals surface area contributed by atoms with Crippen molar-refractivity contribution in [1.29, 1.82) is 0 Å². The van der Waals surface area contributed by atoms with E-state index < -0.39 is 0 Å². The topological polar surface area (TPSA) is 46.3 Å². The van der Waals surface area contributed by atoms with Crippen LogP contribution in [-0.2, 0) is 0 Å². The summed E-state index contributed by atoms with van der Waals surface area (Å²) in [7, 11) is 1.85. The van der Waals surface area contributed by atoms with Gasteiger partial charge in [-0.15, -0.1) is 11.3 Å². The molecule has 0 spiro atoms. The number of nitrogens with zero attached hydrogens (tertiary/aromatic N) is 1. The Hall–Kier alpha value is -1.07. The number of nitrogens with two attached hydrogens (primary N) is 1. The minimum Gasteiger partial charge on any atom is -0.397 e. The second-order valence-corrected chi connectivity index (χ2v) is 8.41. The number of benzene rings is 1. The fraction of sp³-hybridized carbons (Fsp3) is 0.438. The summed E-state index contributed by atoms with van der Waals surface area (Å²) in [6.07, 6.45) is 0. The molecular formula is C16H21BrN2OS. The van der Waals surface area contributed by atoms with Crippen LogP contribution in [0.2, 0.25) is 0 Å². The van der Waals surface area contributed by atoms with Gasteiger partial charge in [0, 0.05) is 27.6 Å². The lowest BCUT2D eigenvalue weighted by atomic mass is 9.87. The van der Waals surface area contributed by atoms with Gasteiger partial charge in [-0.2, -0.15) is 0 Å². The van der Waals surface area contributed by atoms with E-state index in [9.17, 15) is 4.79 Å². The molecule has 1 heterocycles. The van der Waals surface area contributed by atoms with Gasteiger partial charge >= 0.3 is 0 Å². The van der Waals surface area contributed by atoms with Crippen molar-refractivity contribution >= 4 is 48.9 Å². The van der Waals surface area contributed by atoms with E-state index in [-0.39, 0.29) is 17.4 Å². The van der Waals surface area contributed by atoms with Gasteiger partial charge in [0.15, 0.2) is 0 Å². The highest BCUT2D eigenvalue weighted by molar-refractivity contribution is 9.10. The van der Waals surface area contributed by atoms with Crippen LogP contribution in [0.1, 0.15) is 37.4 Å². The summed E-state index contributed by atoms with van der Waals surface area (Å²) in [5, 5.41) is 0.939. The van der Waals surface area contributed by atoms with Crippen molar-refractivity contribution < 1.29 is 4.79 Å². The monoisotopic (exact) mass is 368 g/mol. The van der Waals surface area contributed by atoms with E-state index in [1.807, 2.05) is 25.2 Å². The van der Waals surface area contributed by atoms with Gasteiger partial charge in [-0.1, -0.05) is 36.7 Å². The van der Waals surface area contributed by atoms with E-state index in [2.05, 4.69) is 43.6 Å². The number of amides is 1. The number of halogens is 1. The molecule has 0 radical (unpaired) electrons. The first-order valence-electron chi connectivity index (χ1n) is 6.87. The van der Waals surface area contributed by atoms with E-state index in [1.165, 1.54) is 11.3 Å². The molecule has 5 heteroatoms. The van der Waals surface area contributed by atoms with Gasteiger partial charge in [0.1, 0.15) is 4.88 Å². The SMILES string of the molecule is CC(N(C)C(=O)c1sc2ccc(Br)cc2c1N)C(C)(C)C. The first-order chi connectivity index (χ1) is 9.62. The summed E-state index contributed by atoms with van der Waals surface area (Å²) in [6.45, 7) is 8.46. The molecule has 1 unspecified atom stereocenters. The van der Waals surface area contributed by atoms with E-state index in [0.717, 1.165) is 14.6 Å². The van der Waals surface area contributed by atoms with Crippen molar-refractivity contribution in [2.45, 2.75) is 33.7 Å². The molecule has 0 fully saturated rings. The van der Waals surface area contributed by atoms with Gasteiger partial charge in [0.05, 0.1) is 5.69 Å². The fourth-order valence-electron chi connectivity index (χ4n) is 2.16. The average Bonchev–Trinajstić information content (AvgIpc) is 2.72. The molecule has 21 heavy (non-hydrogen) atoms. The minimum absolute atomic E-state index is 0.00718. The number of carbonyl (C=O) groups is 1. The van der Waals surface area contributed by atoms with Crippen LogP contribution in [0.3, 0.4) is 0 Å². The maximum Gasteiger partial charge on any atom is 0.266 e. The highest BCUT2D eigenvalue weighted by atomic mass is 79.9. The molecule has 114 valence electrons. The number of rotatable bonds is 2. The van der Waals surface area contributed by atoms with Crippen LogP contribution < -0.4 is 5.73 Å². The van der Waals surface area contributed by atoms with Crippen molar-refractivity contribution in [3.8, 4) is 0 Å². The highest BCUT2D eigenvalue weighted by Gasteiger charge is 2.29. The van der Waals surface area contributed by atoms with Crippen molar-refractivity contribution in [2.24, 2.45) is 5.41 Å². The lowest BCUT2D eigenvalue weighted by Crippen LogP contribution is -2.42. The van der Waals surface area contributed by atoms with Gasteiger partial charge in [-0.05, 0) is 30.5 Å².